The number of rotatable bonds is 11. The molecular formula is C30H37N5O11. The number of carbonyl (C=O) groups excluding carboxylic acids is 4. The molecule has 2 aromatic rings. The smallest absolute Gasteiger partial charge is 0.409 e. The van der Waals surface area contributed by atoms with E-state index in [-0.39, 0.29) is 63.6 Å². The average molecular weight is 644 g/mol. The maximum atomic E-state index is 13.5. The lowest BCUT2D eigenvalue weighted by Crippen LogP contribution is -2.56. The normalized spacial score (nSPS) is 18.6. The van der Waals surface area contributed by atoms with Gasteiger partial charge in [-0.3, -0.25) is 19.2 Å². The quantitative estimate of drug-likeness (QED) is 0.259. The van der Waals surface area contributed by atoms with Crippen LogP contribution in [0, 0.1) is 6.92 Å². The molecule has 1 unspecified atom stereocenters. The summed E-state index contributed by atoms with van der Waals surface area (Å²) in [5.74, 6) is -4.38. The molecule has 4 N–H and O–H groups in total. The van der Waals surface area contributed by atoms with Gasteiger partial charge in [0.05, 0.1) is 18.2 Å². The minimum Gasteiger partial charge on any atom is -0.483 e. The molecule has 0 aliphatic carbocycles. The van der Waals surface area contributed by atoms with Crippen molar-refractivity contribution in [1.82, 2.24) is 25.0 Å². The Morgan fingerprint density at radius 3 is 2.37 bits per heavy atom. The van der Waals surface area contributed by atoms with Crippen molar-refractivity contribution in [2.24, 2.45) is 0 Å². The van der Waals surface area contributed by atoms with Crippen LogP contribution in [0.15, 0.2) is 24.3 Å². The van der Waals surface area contributed by atoms with E-state index >= 15 is 0 Å². The van der Waals surface area contributed by atoms with Crippen molar-refractivity contribution in [2.75, 3.05) is 45.9 Å². The Morgan fingerprint density at radius 1 is 1.02 bits per heavy atom. The number of aryl methyl sites for hydroxylation is 1. The van der Waals surface area contributed by atoms with Gasteiger partial charge in [0, 0.05) is 50.6 Å². The maximum absolute atomic E-state index is 13.5. The molecule has 2 fully saturated rings. The summed E-state index contributed by atoms with van der Waals surface area (Å²) < 4.78 is 10.8. The lowest BCUT2D eigenvalue weighted by molar-refractivity contribution is -0.151. The van der Waals surface area contributed by atoms with Gasteiger partial charge in [0.15, 0.2) is 12.6 Å². The second kappa shape index (κ2) is 14.9. The fraction of sp³-hybridized carbons (Fsp3) is 0.500. The zero-order valence-electron chi connectivity index (χ0n) is 25.5. The monoisotopic (exact) mass is 643 g/mol. The molecule has 3 heterocycles. The molecule has 4 amide bonds. The number of carboxylic acid groups (broad SMARTS) is 2. The lowest BCUT2D eigenvalue weighted by atomic mass is 10.1. The average Bonchev–Trinajstić information content (AvgIpc) is 3.42. The third-order valence-corrected chi connectivity index (χ3v) is 7.82. The molecule has 0 spiro atoms. The van der Waals surface area contributed by atoms with Gasteiger partial charge >= 0.3 is 18.0 Å². The van der Waals surface area contributed by atoms with E-state index in [1.807, 2.05) is 6.92 Å². The number of ether oxygens (including phenoxy) is 2. The van der Waals surface area contributed by atoms with E-state index in [0.717, 1.165) is 10.5 Å². The number of aliphatic hydroxyl groups is 1. The first-order chi connectivity index (χ1) is 21.9. The summed E-state index contributed by atoms with van der Waals surface area (Å²) in [5.41, 5.74) is 0.992. The first-order valence-corrected chi connectivity index (χ1v) is 14.9. The SMILES string of the molecule is CCOC(=O)N1CCN(C(=O)C(CCC(=O)O)NC(=O)c2cc(OCC(=O)N3CC[C@H](O)[C@H]3C(=O)O)c3ccc(C)cc3n2)CC1. The number of aliphatic hydroxyl groups excluding tert-OH is 1. The number of carbonyl (C=O) groups is 6. The standard InChI is InChI=1S/C30H37N5O11/c1-3-45-30(44)34-12-10-33(11-13-34)28(41)19(6-7-25(38)39)32-27(40)21-15-23(18-5-4-17(2)14-20(18)31-21)46-16-24(37)35-9-8-22(36)26(35)29(42)43/h4-5,14-15,19,22,26,36H,3,6-13,16H2,1-2H3,(H,32,40)(H,38,39)(H,42,43)/t19?,22-,26-/m0/s1. The highest BCUT2D eigenvalue weighted by atomic mass is 16.6. The molecule has 4 rings (SSSR count). The Hall–Kier alpha value is -4.99. The van der Waals surface area contributed by atoms with Crippen molar-refractivity contribution in [3.05, 3.63) is 35.5 Å². The van der Waals surface area contributed by atoms with Crippen LogP contribution < -0.4 is 10.1 Å². The molecule has 0 saturated carbocycles. The number of aromatic nitrogens is 1. The van der Waals surface area contributed by atoms with Crippen molar-refractivity contribution in [3.8, 4) is 5.75 Å². The summed E-state index contributed by atoms with van der Waals surface area (Å²) in [5, 5.41) is 31.8. The number of piperazine rings is 1. The summed E-state index contributed by atoms with van der Waals surface area (Å²) in [4.78, 5) is 83.2. The largest absolute Gasteiger partial charge is 0.483 e. The first-order valence-electron chi connectivity index (χ1n) is 14.9. The third-order valence-electron chi connectivity index (χ3n) is 7.82. The van der Waals surface area contributed by atoms with E-state index in [1.54, 1.807) is 25.1 Å². The number of nitrogens with zero attached hydrogens (tertiary/aromatic N) is 4. The molecule has 0 bridgehead atoms. The van der Waals surface area contributed by atoms with Gasteiger partial charge in [-0.2, -0.15) is 0 Å². The van der Waals surface area contributed by atoms with E-state index in [0.29, 0.717) is 10.9 Å². The number of hydrogen-bond donors (Lipinski definition) is 4. The highest BCUT2D eigenvalue weighted by Gasteiger charge is 2.41. The van der Waals surface area contributed by atoms with Gasteiger partial charge < -0.3 is 44.8 Å². The Labute approximate surface area is 263 Å². The molecular weight excluding hydrogens is 606 g/mol. The van der Waals surface area contributed by atoms with Gasteiger partial charge in [-0.15, -0.1) is 0 Å². The van der Waals surface area contributed by atoms with Crippen molar-refractivity contribution in [2.45, 2.75) is 51.3 Å². The first kappa shape index (κ1) is 33.9. The minimum atomic E-state index is -1.40. The van der Waals surface area contributed by atoms with Gasteiger partial charge in [0.25, 0.3) is 11.8 Å². The van der Waals surface area contributed by atoms with E-state index in [9.17, 15) is 44.1 Å². The van der Waals surface area contributed by atoms with Crippen LogP contribution in [-0.2, 0) is 23.9 Å². The van der Waals surface area contributed by atoms with Crippen LogP contribution in [0.2, 0.25) is 0 Å². The molecule has 2 saturated heterocycles. The second-order valence-corrected chi connectivity index (χ2v) is 11.0. The van der Waals surface area contributed by atoms with Crippen LogP contribution in [0.25, 0.3) is 10.9 Å². The van der Waals surface area contributed by atoms with E-state index in [1.165, 1.54) is 15.9 Å². The fourth-order valence-corrected chi connectivity index (χ4v) is 5.42. The summed E-state index contributed by atoms with van der Waals surface area (Å²) in [6.45, 7) is 3.89. The predicted octanol–water partition coefficient (Wildman–Crippen LogP) is 0.232. The second-order valence-electron chi connectivity index (χ2n) is 11.0. The zero-order valence-corrected chi connectivity index (χ0v) is 25.5. The van der Waals surface area contributed by atoms with Crippen molar-refractivity contribution < 1.29 is 53.6 Å². The summed E-state index contributed by atoms with van der Waals surface area (Å²) in [6, 6.07) is 3.82. The number of hydrogen-bond acceptors (Lipinski definition) is 10. The number of benzene rings is 1. The molecule has 2 aliphatic heterocycles. The molecule has 1 aromatic heterocycles. The number of likely N-dealkylation sites (tertiary alicyclic amines) is 1. The summed E-state index contributed by atoms with van der Waals surface area (Å²) in [7, 11) is 0. The number of carboxylic acids is 2. The zero-order chi connectivity index (χ0) is 33.5. The molecule has 1 aromatic carbocycles. The van der Waals surface area contributed by atoms with Crippen LogP contribution in [-0.4, -0.2) is 135 Å². The maximum Gasteiger partial charge on any atom is 0.409 e. The van der Waals surface area contributed by atoms with Crippen LogP contribution in [0.1, 0.15) is 42.2 Å². The Morgan fingerprint density at radius 2 is 1.72 bits per heavy atom. The molecule has 16 nitrogen and oxygen atoms in total. The Bertz CT molecular complexity index is 1510. The van der Waals surface area contributed by atoms with Crippen molar-refractivity contribution in [1.29, 1.82) is 0 Å². The predicted molar refractivity (Wildman–Crippen MR) is 159 cm³/mol. The topological polar surface area (TPSA) is 216 Å². The van der Waals surface area contributed by atoms with Crippen LogP contribution in [0.5, 0.6) is 5.75 Å². The van der Waals surface area contributed by atoms with Crippen LogP contribution in [0.3, 0.4) is 0 Å². The Kier molecular flexibility index (Phi) is 10.9. The number of fused-ring (bicyclic) bond motifs is 1. The summed E-state index contributed by atoms with van der Waals surface area (Å²) in [6.07, 6.45) is -2.20. The lowest BCUT2D eigenvalue weighted by Gasteiger charge is -2.35. The molecule has 16 heteroatoms. The van der Waals surface area contributed by atoms with Crippen molar-refractivity contribution in [3.63, 3.8) is 0 Å². The number of pyridine rings is 1. The van der Waals surface area contributed by atoms with E-state index in [4.69, 9.17) is 9.47 Å². The molecule has 248 valence electrons. The van der Waals surface area contributed by atoms with Crippen molar-refractivity contribution >= 4 is 46.7 Å². The highest BCUT2D eigenvalue weighted by Crippen LogP contribution is 2.27. The van der Waals surface area contributed by atoms with Gasteiger partial charge in [-0.05, 0) is 44.4 Å². The summed E-state index contributed by atoms with van der Waals surface area (Å²) >= 11 is 0. The van der Waals surface area contributed by atoms with Gasteiger partial charge in [0.1, 0.15) is 17.5 Å². The van der Waals surface area contributed by atoms with E-state index < -0.39 is 67.0 Å². The molecule has 0 radical (unpaired) electrons. The van der Waals surface area contributed by atoms with Crippen LogP contribution >= 0.6 is 0 Å². The Balaban J connectivity index is 1.53. The van der Waals surface area contributed by atoms with Gasteiger partial charge in [0.2, 0.25) is 5.91 Å². The van der Waals surface area contributed by atoms with Gasteiger partial charge in [-0.1, -0.05) is 6.07 Å². The highest BCUT2D eigenvalue weighted by molar-refractivity contribution is 5.99. The van der Waals surface area contributed by atoms with E-state index in [2.05, 4.69) is 10.3 Å². The number of aliphatic carboxylic acids is 2. The van der Waals surface area contributed by atoms with Gasteiger partial charge in [-0.25, -0.2) is 14.6 Å². The fourth-order valence-electron chi connectivity index (χ4n) is 5.42. The number of nitrogens with one attached hydrogen (secondary N) is 1. The minimum absolute atomic E-state index is 0.0356. The molecule has 46 heavy (non-hydrogen) atoms. The molecule has 2 aliphatic rings. The number of amides is 4. The third kappa shape index (κ3) is 7.99. The van der Waals surface area contributed by atoms with Crippen LogP contribution in [0.4, 0.5) is 4.79 Å². The molecule has 3 atom stereocenters.